The number of para-hydroxylation sites is 1. The third-order valence-corrected chi connectivity index (χ3v) is 4.10. The average molecular weight is 283 g/mol. The van der Waals surface area contributed by atoms with Gasteiger partial charge in [0.15, 0.2) is 0 Å². The molecule has 1 aromatic heterocycles. The summed E-state index contributed by atoms with van der Waals surface area (Å²) in [5.41, 5.74) is 3.36. The van der Waals surface area contributed by atoms with Crippen molar-refractivity contribution in [3.05, 3.63) is 68.7 Å². The second kappa shape index (κ2) is 4.72. The molecule has 0 saturated carbocycles. The fraction of sp³-hybridized carbons (Fsp3) is 0.125. The van der Waals surface area contributed by atoms with Gasteiger partial charge in [0.2, 0.25) is 0 Å². The second-order valence-corrected chi connectivity index (χ2v) is 5.79. The first kappa shape index (κ1) is 12.8. The Labute approximate surface area is 120 Å². The molecule has 0 aliphatic carbocycles. The highest BCUT2D eigenvalue weighted by molar-refractivity contribution is 7.06. The van der Waals surface area contributed by atoms with E-state index in [0.717, 1.165) is 22.7 Å². The van der Waals surface area contributed by atoms with Crippen molar-refractivity contribution in [1.82, 2.24) is 3.96 Å². The van der Waals surface area contributed by atoms with Crippen molar-refractivity contribution in [2.45, 2.75) is 13.8 Å². The number of aryl methyl sites for hydroxylation is 2. The summed E-state index contributed by atoms with van der Waals surface area (Å²) >= 11 is 0.954. The number of benzene rings is 2. The van der Waals surface area contributed by atoms with Crippen LogP contribution in [0.3, 0.4) is 0 Å². The van der Waals surface area contributed by atoms with Crippen LogP contribution in [-0.4, -0.2) is 9.86 Å². The van der Waals surface area contributed by atoms with Crippen LogP contribution in [0.15, 0.2) is 47.3 Å². The number of carbonyl (C=O) groups excluding carboxylic acids is 1. The Morgan fingerprint density at radius 1 is 1.05 bits per heavy atom. The SMILES string of the molecule is Cc1cc(C)cc(C(=O)n2sc(=O)c3ccccc32)c1. The van der Waals surface area contributed by atoms with Gasteiger partial charge in [-0.05, 0) is 49.6 Å². The van der Waals surface area contributed by atoms with Crippen molar-refractivity contribution in [2.24, 2.45) is 0 Å². The number of hydrogen-bond acceptors (Lipinski definition) is 3. The molecule has 3 nitrogen and oxygen atoms in total. The zero-order valence-electron chi connectivity index (χ0n) is 11.2. The standard InChI is InChI=1S/C16H13NO2S/c1-10-7-11(2)9-12(8-10)15(18)17-14-6-4-3-5-13(14)16(19)20-17/h3-9H,1-2H3. The van der Waals surface area contributed by atoms with Gasteiger partial charge in [-0.1, -0.05) is 29.3 Å². The third-order valence-electron chi connectivity index (χ3n) is 3.17. The van der Waals surface area contributed by atoms with Crippen LogP contribution in [-0.2, 0) is 0 Å². The molecule has 3 rings (SSSR count). The van der Waals surface area contributed by atoms with Crippen LogP contribution in [0, 0.1) is 13.8 Å². The molecule has 0 spiro atoms. The lowest BCUT2D eigenvalue weighted by Gasteiger charge is -2.05. The van der Waals surface area contributed by atoms with Gasteiger partial charge < -0.3 is 0 Å². The summed E-state index contributed by atoms with van der Waals surface area (Å²) < 4.78 is 1.39. The van der Waals surface area contributed by atoms with E-state index in [1.54, 1.807) is 12.1 Å². The lowest BCUT2D eigenvalue weighted by molar-refractivity contribution is 0.0975. The summed E-state index contributed by atoms with van der Waals surface area (Å²) in [6.07, 6.45) is 0. The first-order valence-corrected chi connectivity index (χ1v) is 7.07. The molecule has 0 radical (unpaired) electrons. The third kappa shape index (κ3) is 2.08. The first-order chi connectivity index (χ1) is 9.56. The highest BCUT2D eigenvalue weighted by Crippen LogP contribution is 2.17. The number of rotatable bonds is 1. The number of carbonyl (C=O) groups is 1. The van der Waals surface area contributed by atoms with E-state index in [4.69, 9.17) is 0 Å². The quantitative estimate of drug-likeness (QED) is 0.687. The Balaban J connectivity index is 2.20. The normalized spacial score (nSPS) is 10.9. The van der Waals surface area contributed by atoms with Crippen LogP contribution in [0.2, 0.25) is 0 Å². The lowest BCUT2D eigenvalue weighted by atomic mass is 10.1. The number of hydrogen-bond donors (Lipinski definition) is 0. The van der Waals surface area contributed by atoms with E-state index in [2.05, 4.69) is 0 Å². The maximum Gasteiger partial charge on any atom is 0.271 e. The van der Waals surface area contributed by atoms with Gasteiger partial charge in [0, 0.05) is 5.56 Å². The Morgan fingerprint density at radius 3 is 2.40 bits per heavy atom. The second-order valence-electron chi connectivity index (χ2n) is 4.87. The van der Waals surface area contributed by atoms with E-state index in [9.17, 15) is 9.59 Å². The molecule has 0 aliphatic heterocycles. The van der Waals surface area contributed by atoms with Gasteiger partial charge in [0.25, 0.3) is 10.6 Å². The largest absolute Gasteiger partial charge is 0.276 e. The topological polar surface area (TPSA) is 39.1 Å². The van der Waals surface area contributed by atoms with Gasteiger partial charge in [-0.25, -0.2) is 3.96 Å². The fourth-order valence-electron chi connectivity index (χ4n) is 2.37. The highest BCUT2D eigenvalue weighted by Gasteiger charge is 2.15. The van der Waals surface area contributed by atoms with E-state index in [0.29, 0.717) is 16.5 Å². The minimum absolute atomic E-state index is 0.0849. The molecule has 0 bridgehead atoms. The number of aromatic nitrogens is 1. The summed E-state index contributed by atoms with van der Waals surface area (Å²) in [6.45, 7) is 3.92. The molecule has 0 amide bonds. The highest BCUT2D eigenvalue weighted by atomic mass is 32.1. The molecular weight excluding hydrogens is 270 g/mol. The summed E-state index contributed by atoms with van der Waals surface area (Å²) in [7, 11) is 0. The zero-order valence-corrected chi connectivity index (χ0v) is 12.0. The van der Waals surface area contributed by atoms with Crippen molar-refractivity contribution in [2.75, 3.05) is 0 Å². The minimum Gasteiger partial charge on any atom is -0.276 e. The molecule has 3 aromatic rings. The molecule has 0 aliphatic rings. The molecule has 1 heterocycles. The molecule has 0 unspecified atom stereocenters. The Bertz CT molecular complexity index is 853. The summed E-state index contributed by atoms with van der Waals surface area (Å²) in [4.78, 5) is 24.5. The van der Waals surface area contributed by atoms with Crippen molar-refractivity contribution in [3.63, 3.8) is 0 Å². The van der Waals surface area contributed by atoms with E-state index in [-0.39, 0.29) is 10.6 Å². The van der Waals surface area contributed by atoms with Gasteiger partial charge in [-0.3, -0.25) is 9.59 Å². The van der Waals surface area contributed by atoms with Crippen LogP contribution < -0.4 is 4.74 Å². The van der Waals surface area contributed by atoms with Crippen LogP contribution in [0.1, 0.15) is 21.5 Å². The van der Waals surface area contributed by atoms with Crippen LogP contribution >= 0.6 is 11.5 Å². The fourth-order valence-corrected chi connectivity index (χ4v) is 3.25. The summed E-state index contributed by atoms with van der Waals surface area (Å²) in [5.74, 6) is -0.153. The van der Waals surface area contributed by atoms with Crippen molar-refractivity contribution in [1.29, 1.82) is 0 Å². The lowest BCUT2D eigenvalue weighted by Crippen LogP contribution is -2.09. The van der Waals surface area contributed by atoms with E-state index in [1.165, 1.54) is 3.96 Å². The van der Waals surface area contributed by atoms with E-state index < -0.39 is 0 Å². The molecule has 4 heteroatoms. The Morgan fingerprint density at radius 2 is 1.70 bits per heavy atom. The van der Waals surface area contributed by atoms with Crippen LogP contribution in [0.25, 0.3) is 10.9 Å². The van der Waals surface area contributed by atoms with Gasteiger partial charge in [0.1, 0.15) is 0 Å². The van der Waals surface area contributed by atoms with E-state index in [1.807, 2.05) is 44.2 Å². The van der Waals surface area contributed by atoms with E-state index >= 15 is 0 Å². The average Bonchev–Trinajstić information content (AvgIpc) is 2.75. The van der Waals surface area contributed by atoms with Gasteiger partial charge in [-0.2, -0.15) is 0 Å². The maximum atomic E-state index is 12.6. The Kier molecular flexibility index (Phi) is 3.03. The molecule has 2 aromatic carbocycles. The predicted octanol–water partition coefficient (Wildman–Crippen LogP) is 3.37. The smallest absolute Gasteiger partial charge is 0.271 e. The van der Waals surface area contributed by atoms with Gasteiger partial charge >= 0.3 is 0 Å². The van der Waals surface area contributed by atoms with Crippen molar-refractivity contribution in [3.8, 4) is 0 Å². The van der Waals surface area contributed by atoms with Gasteiger partial charge in [-0.15, -0.1) is 0 Å². The molecule has 0 fully saturated rings. The van der Waals surface area contributed by atoms with Crippen molar-refractivity contribution >= 4 is 28.3 Å². The molecule has 0 atom stereocenters. The van der Waals surface area contributed by atoms with Crippen LogP contribution in [0.4, 0.5) is 0 Å². The summed E-state index contributed by atoms with van der Waals surface area (Å²) in [6, 6.07) is 12.9. The van der Waals surface area contributed by atoms with Crippen LogP contribution in [0.5, 0.6) is 0 Å². The molecular formula is C16H13NO2S. The Hall–Kier alpha value is -2.20. The number of fused-ring (bicyclic) bond motifs is 1. The molecule has 20 heavy (non-hydrogen) atoms. The molecule has 0 N–H and O–H groups in total. The van der Waals surface area contributed by atoms with Crippen molar-refractivity contribution < 1.29 is 4.79 Å². The monoisotopic (exact) mass is 283 g/mol. The minimum atomic E-state index is -0.153. The molecule has 0 saturated heterocycles. The maximum absolute atomic E-state index is 12.6. The zero-order chi connectivity index (χ0) is 14.3. The predicted molar refractivity (Wildman–Crippen MR) is 81.7 cm³/mol. The summed E-state index contributed by atoms with van der Waals surface area (Å²) in [5, 5.41) is 0.593. The number of nitrogens with zero attached hydrogens (tertiary/aromatic N) is 1. The first-order valence-electron chi connectivity index (χ1n) is 6.30. The molecule has 100 valence electrons. The van der Waals surface area contributed by atoms with Gasteiger partial charge in [0.05, 0.1) is 10.9 Å².